The van der Waals surface area contributed by atoms with Crippen molar-refractivity contribution >= 4 is 29.0 Å². The van der Waals surface area contributed by atoms with Crippen molar-refractivity contribution < 1.29 is 19.0 Å². The number of nitrogen functional groups attached to an aromatic ring is 1. The van der Waals surface area contributed by atoms with Gasteiger partial charge in [0, 0.05) is 6.07 Å². The van der Waals surface area contributed by atoms with Gasteiger partial charge in [-0.25, -0.2) is 9.79 Å². The van der Waals surface area contributed by atoms with Gasteiger partial charge in [-0.1, -0.05) is 0 Å². The molecular weight excluding hydrogens is 324 g/mol. The van der Waals surface area contributed by atoms with Gasteiger partial charge in [0.25, 0.3) is 0 Å². The highest BCUT2D eigenvalue weighted by Gasteiger charge is 2.20. The molecule has 8 nitrogen and oxygen atoms in total. The van der Waals surface area contributed by atoms with E-state index in [-0.39, 0.29) is 24.9 Å². The average molecular weight is 342 g/mol. The Bertz CT molecular complexity index is 818. The highest BCUT2D eigenvalue weighted by molar-refractivity contribution is 6.05. The molecule has 0 bridgehead atoms. The Balaban J connectivity index is 1.87. The van der Waals surface area contributed by atoms with Gasteiger partial charge in [-0.05, 0) is 36.8 Å². The van der Waals surface area contributed by atoms with E-state index in [9.17, 15) is 4.79 Å². The third kappa shape index (κ3) is 3.63. The van der Waals surface area contributed by atoms with Gasteiger partial charge in [0.1, 0.15) is 23.9 Å². The van der Waals surface area contributed by atoms with Gasteiger partial charge in [-0.2, -0.15) is 4.98 Å². The quantitative estimate of drug-likeness (QED) is 0.884. The monoisotopic (exact) mass is 342 g/mol. The summed E-state index contributed by atoms with van der Waals surface area (Å²) in [6, 6.07) is 9.00. The number of nitrogens with one attached hydrogen (secondary N) is 1. The number of aliphatic imine (C=N–C) groups is 1. The van der Waals surface area contributed by atoms with Crippen LogP contribution in [-0.2, 0) is 4.74 Å². The highest BCUT2D eigenvalue weighted by Crippen LogP contribution is 2.37. The standard InChI is InChI=1S/C17H18N4O4/c1-3-24-17(22)21-14-8-12(18)15-16(20-14)25-9-13(19-15)10-4-6-11(23-2)7-5-10/h4-8H,3,9H2,1-2H3,(H3,18,20,21,22). The molecule has 1 aromatic heterocycles. The van der Waals surface area contributed by atoms with Crippen LogP contribution in [0.15, 0.2) is 35.3 Å². The van der Waals surface area contributed by atoms with E-state index in [1.54, 1.807) is 14.0 Å². The largest absolute Gasteiger partial charge is 0.497 e. The van der Waals surface area contributed by atoms with Crippen LogP contribution in [0.5, 0.6) is 11.6 Å². The van der Waals surface area contributed by atoms with Gasteiger partial charge in [0.05, 0.1) is 25.1 Å². The first-order valence-electron chi connectivity index (χ1n) is 7.69. The van der Waals surface area contributed by atoms with Crippen LogP contribution in [0, 0.1) is 0 Å². The van der Waals surface area contributed by atoms with Crippen LogP contribution >= 0.6 is 0 Å². The molecule has 0 fully saturated rings. The van der Waals surface area contributed by atoms with Crippen molar-refractivity contribution in [3.05, 3.63) is 35.9 Å². The summed E-state index contributed by atoms with van der Waals surface area (Å²) in [5.41, 5.74) is 8.46. The normalized spacial score (nSPS) is 12.5. The molecule has 8 heteroatoms. The fraction of sp³-hybridized carbons (Fsp3) is 0.235. The summed E-state index contributed by atoms with van der Waals surface area (Å²) in [7, 11) is 1.61. The highest BCUT2D eigenvalue weighted by atomic mass is 16.5. The van der Waals surface area contributed by atoms with E-state index < -0.39 is 6.09 Å². The Morgan fingerprint density at radius 2 is 2.12 bits per heavy atom. The number of nitrogens with two attached hydrogens (primary N) is 1. The number of rotatable bonds is 4. The van der Waals surface area contributed by atoms with Crippen LogP contribution in [0.4, 0.5) is 22.0 Å². The molecule has 1 amide bonds. The molecule has 0 aliphatic carbocycles. The Kier molecular flexibility index (Phi) is 4.69. The molecule has 0 saturated carbocycles. The van der Waals surface area contributed by atoms with E-state index >= 15 is 0 Å². The fourth-order valence-electron chi connectivity index (χ4n) is 2.32. The summed E-state index contributed by atoms with van der Waals surface area (Å²) in [6.07, 6.45) is -0.604. The second-order valence-electron chi connectivity index (χ2n) is 5.17. The number of aromatic nitrogens is 1. The third-order valence-corrected chi connectivity index (χ3v) is 3.51. The smallest absolute Gasteiger partial charge is 0.412 e. The molecule has 3 rings (SSSR count). The SMILES string of the molecule is CCOC(=O)Nc1cc(N)c2c(n1)OCC(c1ccc(OC)cc1)=N2. The summed E-state index contributed by atoms with van der Waals surface area (Å²) < 4.78 is 15.6. The first kappa shape index (κ1) is 16.6. The lowest BCUT2D eigenvalue weighted by molar-refractivity contribution is 0.168. The number of ether oxygens (including phenoxy) is 3. The zero-order valence-electron chi connectivity index (χ0n) is 13.9. The number of methoxy groups -OCH3 is 1. The van der Waals surface area contributed by atoms with E-state index in [1.165, 1.54) is 6.07 Å². The van der Waals surface area contributed by atoms with Crippen LogP contribution in [0.25, 0.3) is 0 Å². The lowest BCUT2D eigenvalue weighted by atomic mass is 10.1. The summed E-state index contributed by atoms with van der Waals surface area (Å²) in [4.78, 5) is 20.2. The first-order valence-corrected chi connectivity index (χ1v) is 7.69. The van der Waals surface area contributed by atoms with Gasteiger partial charge in [-0.15, -0.1) is 0 Å². The minimum atomic E-state index is -0.604. The molecule has 0 saturated heterocycles. The van der Waals surface area contributed by atoms with Crippen LogP contribution in [0.2, 0.25) is 0 Å². The van der Waals surface area contributed by atoms with Crippen LogP contribution in [0.3, 0.4) is 0 Å². The summed E-state index contributed by atoms with van der Waals surface area (Å²) in [5.74, 6) is 1.28. The maximum Gasteiger partial charge on any atom is 0.412 e. The minimum Gasteiger partial charge on any atom is -0.497 e. The van der Waals surface area contributed by atoms with E-state index in [1.807, 2.05) is 24.3 Å². The molecule has 3 N–H and O–H groups in total. The fourth-order valence-corrected chi connectivity index (χ4v) is 2.32. The number of carbonyl (C=O) groups is 1. The molecule has 0 spiro atoms. The van der Waals surface area contributed by atoms with Crippen molar-refractivity contribution in [3.8, 4) is 11.6 Å². The zero-order valence-corrected chi connectivity index (χ0v) is 13.9. The Labute approximate surface area is 144 Å². The number of amides is 1. The number of hydrogen-bond donors (Lipinski definition) is 2. The Morgan fingerprint density at radius 3 is 2.80 bits per heavy atom. The lowest BCUT2D eigenvalue weighted by Gasteiger charge is -2.18. The second-order valence-corrected chi connectivity index (χ2v) is 5.17. The van der Waals surface area contributed by atoms with E-state index in [4.69, 9.17) is 19.9 Å². The van der Waals surface area contributed by atoms with Crippen molar-refractivity contribution in [2.45, 2.75) is 6.92 Å². The molecule has 1 aliphatic rings. The minimum absolute atomic E-state index is 0.245. The van der Waals surface area contributed by atoms with E-state index in [2.05, 4.69) is 15.3 Å². The van der Waals surface area contributed by atoms with Crippen molar-refractivity contribution in [2.24, 2.45) is 4.99 Å². The molecule has 2 aromatic rings. The predicted octanol–water partition coefficient (Wildman–Crippen LogP) is 2.75. The van der Waals surface area contributed by atoms with Crippen molar-refractivity contribution in [2.75, 3.05) is 31.4 Å². The van der Waals surface area contributed by atoms with Gasteiger partial charge < -0.3 is 19.9 Å². The number of hydrogen-bond acceptors (Lipinski definition) is 7. The van der Waals surface area contributed by atoms with Gasteiger partial charge >= 0.3 is 6.09 Å². The predicted molar refractivity (Wildman–Crippen MR) is 94.0 cm³/mol. The second kappa shape index (κ2) is 7.08. The van der Waals surface area contributed by atoms with Crippen LogP contribution in [0.1, 0.15) is 12.5 Å². The molecule has 0 radical (unpaired) electrons. The van der Waals surface area contributed by atoms with Crippen molar-refractivity contribution in [1.82, 2.24) is 4.98 Å². The summed E-state index contributed by atoms with van der Waals surface area (Å²) in [5, 5.41) is 2.49. The topological polar surface area (TPSA) is 108 Å². The Hall–Kier alpha value is -3.29. The molecular formula is C17H18N4O4. The zero-order chi connectivity index (χ0) is 17.8. The number of anilines is 2. The number of benzene rings is 1. The van der Waals surface area contributed by atoms with Crippen LogP contribution in [-0.4, -0.2) is 37.1 Å². The molecule has 1 aliphatic heterocycles. The molecule has 1 aromatic carbocycles. The number of carbonyl (C=O) groups excluding carboxylic acids is 1. The molecule has 2 heterocycles. The van der Waals surface area contributed by atoms with Gasteiger partial charge in [0.2, 0.25) is 5.88 Å². The lowest BCUT2D eigenvalue weighted by Crippen LogP contribution is -2.19. The van der Waals surface area contributed by atoms with Crippen molar-refractivity contribution in [3.63, 3.8) is 0 Å². The number of fused-ring (bicyclic) bond motifs is 1. The van der Waals surface area contributed by atoms with E-state index in [0.29, 0.717) is 11.4 Å². The van der Waals surface area contributed by atoms with Crippen molar-refractivity contribution in [1.29, 1.82) is 0 Å². The first-order chi connectivity index (χ1) is 12.1. The number of pyridine rings is 1. The maximum atomic E-state index is 11.5. The third-order valence-electron chi connectivity index (χ3n) is 3.51. The summed E-state index contributed by atoms with van der Waals surface area (Å²) in [6.45, 7) is 2.22. The van der Waals surface area contributed by atoms with Gasteiger partial charge in [0.15, 0.2) is 0 Å². The van der Waals surface area contributed by atoms with E-state index in [0.717, 1.165) is 17.0 Å². The summed E-state index contributed by atoms with van der Waals surface area (Å²) >= 11 is 0. The molecule has 0 unspecified atom stereocenters. The molecule has 130 valence electrons. The molecule has 25 heavy (non-hydrogen) atoms. The van der Waals surface area contributed by atoms with Crippen LogP contribution < -0.4 is 20.5 Å². The maximum absolute atomic E-state index is 11.5. The molecule has 0 atom stereocenters. The number of nitrogens with zero attached hydrogens (tertiary/aromatic N) is 2. The van der Waals surface area contributed by atoms with Gasteiger partial charge in [-0.3, -0.25) is 5.32 Å². The Morgan fingerprint density at radius 1 is 1.36 bits per heavy atom. The average Bonchev–Trinajstić information content (AvgIpc) is 2.62.